The zero-order valence-electron chi connectivity index (χ0n) is 48.1. The molecule has 5 aromatic carbocycles. The fourth-order valence-corrected chi connectivity index (χ4v) is 9.87. The van der Waals surface area contributed by atoms with E-state index >= 15 is 0 Å². The van der Waals surface area contributed by atoms with Crippen LogP contribution in [0.2, 0.25) is 0 Å². The molecular weight excluding hydrogens is 845 g/mol. The molecule has 0 heterocycles. The Morgan fingerprint density at radius 1 is 0.290 bits per heavy atom. The van der Waals surface area contributed by atoms with E-state index in [0.29, 0.717) is 23.0 Å². The molecule has 0 fully saturated rings. The van der Waals surface area contributed by atoms with E-state index in [0.717, 1.165) is 58.2 Å². The lowest BCUT2D eigenvalue weighted by atomic mass is 9.75. The Morgan fingerprint density at radius 3 is 0.667 bits per heavy atom. The van der Waals surface area contributed by atoms with Crippen molar-refractivity contribution in [1.29, 1.82) is 0 Å². The molecule has 69 heavy (non-hydrogen) atoms. The summed E-state index contributed by atoms with van der Waals surface area (Å²) in [7, 11) is 0. The second-order valence-corrected chi connectivity index (χ2v) is 27.7. The number of phenols is 4. The van der Waals surface area contributed by atoms with Crippen LogP contribution in [-0.2, 0) is 57.2 Å². The van der Waals surface area contributed by atoms with Gasteiger partial charge in [-0.3, -0.25) is 0 Å². The minimum absolute atomic E-state index is 0.0239. The van der Waals surface area contributed by atoms with Crippen molar-refractivity contribution in [2.45, 2.75) is 230 Å². The maximum absolute atomic E-state index is 11.6. The first kappa shape index (κ1) is 56.9. The molecule has 0 unspecified atom stereocenters. The van der Waals surface area contributed by atoms with Gasteiger partial charge in [0.2, 0.25) is 0 Å². The van der Waals surface area contributed by atoms with E-state index in [1.54, 1.807) is 6.07 Å². The molecule has 0 amide bonds. The predicted octanol–water partition coefficient (Wildman–Crippen LogP) is 17.3. The Balaban J connectivity index is 0.000000750. The summed E-state index contributed by atoms with van der Waals surface area (Å²) in [4.78, 5) is 0. The molecule has 0 aliphatic heterocycles. The van der Waals surface area contributed by atoms with Gasteiger partial charge in [0.25, 0.3) is 0 Å². The fraction of sp³-hybridized carbons (Fsp3) is 0.538. The number of hydrogen-bond acceptors (Lipinski definition) is 4. The highest BCUT2D eigenvalue weighted by Gasteiger charge is 2.31. The van der Waals surface area contributed by atoms with E-state index < -0.39 is 0 Å². The van der Waals surface area contributed by atoms with Gasteiger partial charge >= 0.3 is 0 Å². The maximum Gasteiger partial charge on any atom is 0.123 e. The predicted molar refractivity (Wildman–Crippen MR) is 297 cm³/mol. The van der Waals surface area contributed by atoms with Crippen LogP contribution < -0.4 is 0 Å². The van der Waals surface area contributed by atoms with Gasteiger partial charge in [-0.1, -0.05) is 199 Å². The monoisotopic (exact) mass is 939 g/mol. The minimum Gasteiger partial charge on any atom is -0.508 e. The van der Waals surface area contributed by atoms with Gasteiger partial charge in [-0.05, 0) is 180 Å². The summed E-state index contributed by atoms with van der Waals surface area (Å²) in [6.07, 6.45) is 2.24. The maximum atomic E-state index is 11.6. The topological polar surface area (TPSA) is 80.9 Å². The number of aromatic hydroxyl groups is 4. The van der Waals surface area contributed by atoms with E-state index in [1.807, 2.05) is 19.1 Å². The third-order valence-electron chi connectivity index (χ3n) is 14.2. The van der Waals surface area contributed by atoms with Gasteiger partial charge in [0.05, 0.1) is 0 Å². The van der Waals surface area contributed by atoms with Gasteiger partial charge in [0, 0.05) is 0 Å². The van der Waals surface area contributed by atoms with Crippen LogP contribution in [0, 0.1) is 27.7 Å². The molecule has 0 saturated carbocycles. The molecule has 5 aromatic rings. The Morgan fingerprint density at radius 2 is 0.493 bits per heavy atom. The number of phenolic OH excluding ortho intramolecular Hbond substituents is 4. The van der Waals surface area contributed by atoms with Gasteiger partial charge in [-0.15, -0.1) is 0 Å². The normalized spacial score (nSPS) is 13.1. The van der Waals surface area contributed by atoms with Crippen molar-refractivity contribution in [3.05, 3.63) is 149 Å². The molecule has 378 valence electrons. The summed E-state index contributed by atoms with van der Waals surface area (Å²) in [5.41, 5.74) is 18.3. The lowest BCUT2D eigenvalue weighted by Crippen LogP contribution is -2.19. The SMILES string of the molecule is Cc1c(Cc2cc(C(C)(C)C)c(O)c(C(C)(C)C)c2)c(C)c(Cc2cc(C(C)(C)C)c(O)c(C(C)(C)C)c2)c(C)c1Cc1cc(C(C)(C)C)c(O)c(C(C)(C)C)c1.Cc1ccc(O)c(C(C)(C)C)c1. The lowest BCUT2D eigenvalue weighted by molar-refractivity contribution is 0.422. The Labute approximate surface area is 421 Å². The van der Waals surface area contributed by atoms with E-state index in [4.69, 9.17) is 0 Å². The summed E-state index contributed by atoms with van der Waals surface area (Å²) >= 11 is 0. The highest BCUT2D eigenvalue weighted by molar-refractivity contribution is 5.59. The molecule has 5 rings (SSSR count). The fourth-order valence-electron chi connectivity index (χ4n) is 9.87. The van der Waals surface area contributed by atoms with Crippen LogP contribution in [0.5, 0.6) is 23.0 Å². The van der Waals surface area contributed by atoms with Gasteiger partial charge in [0.1, 0.15) is 23.0 Å². The van der Waals surface area contributed by atoms with Crippen LogP contribution in [0.25, 0.3) is 0 Å². The zero-order valence-corrected chi connectivity index (χ0v) is 48.1. The molecule has 0 atom stereocenters. The average molecular weight is 939 g/mol. The summed E-state index contributed by atoms with van der Waals surface area (Å²) in [6, 6.07) is 19.1. The van der Waals surface area contributed by atoms with Crippen LogP contribution in [0.1, 0.15) is 240 Å². The number of aryl methyl sites for hydroxylation is 1. The quantitative estimate of drug-likeness (QED) is 0.137. The first-order chi connectivity index (χ1) is 31.0. The Kier molecular flexibility index (Phi) is 16.1. The average Bonchev–Trinajstić information content (AvgIpc) is 3.16. The van der Waals surface area contributed by atoms with Gasteiger partial charge < -0.3 is 20.4 Å². The summed E-state index contributed by atoms with van der Waals surface area (Å²) < 4.78 is 0. The van der Waals surface area contributed by atoms with E-state index in [1.165, 1.54) is 55.6 Å². The molecule has 4 N–H and O–H groups in total. The number of benzene rings is 5. The third kappa shape index (κ3) is 13.2. The van der Waals surface area contributed by atoms with Crippen LogP contribution in [0.3, 0.4) is 0 Å². The molecule has 4 nitrogen and oxygen atoms in total. The van der Waals surface area contributed by atoms with Gasteiger partial charge in [-0.25, -0.2) is 0 Å². The van der Waals surface area contributed by atoms with E-state index in [9.17, 15) is 20.4 Å². The van der Waals surface area contributed by atoms with E-state index in [2.05, 4.69) is 203 Å². The minimum atomic E-state index is -0.226. The van der Waals surface area contributed by atoms with Crippen molar-refractivity contribution < 1.29 is 20.4 Å². The molecule has 0 bridgehead atoms. The van der Waals surface area contributed by atoms with Crippen LogP contribution in [-0.4, -0.2) is 20.4 Å². The standard InChI is InChI=1S/C54H78O3.C11H16O/c1-31-37(22-34-25-40(49(4,5)6)46(55)41(26-34)50(7,8)9)32(2)39(24-36-29-44(53(16,17)18)48(57)45(30-36)54(19,20)21)33(3)38(31)23-35-27-42(51(10,11)12)47(56)43(28-35)52(13,14)15;1-8-5-6-10(12)9(7-8)11(2,3)4/h25-30,55-57H,22-24H2,1-21H3;5-7,12H,1-4H3. The first-order valence-corrected chi connectivity index (χ1v) is 25.5. The molecule has 0 aliphatic rings. The number of rotatable bonds is 6. The van der Waals surface area contributed by atoms with Crippen molar-refractivity contribution in [2.24, 2.45) is 0 Å². The van der Waals surface area contributed by atoms with Crippen LogP contribution in [0.15, 0.2) is 54.6 Å². The second kappa shape index (κ2) is 19.5. The molecular formula is C65H94O4. The van der Waals surface area contributed by atoms with E-state index in [-0.39, 0.29) is 37.9 Å². The molecule has 0 radical (unpaired) electrons. The number of hydrogen-bond donors (Lipinski definition) is 4. The molecule has 0 spiro atoms. The highest BCUT2D eigenvalue weighted by Crippen LogP contribution is 2.45. The Bertz CT molecular complexity index is 2300. The second-order valence-electron chi connectivity index (χ2n) is 27.7. The summed E-state index contributed by atoms with van der Waals surface area (Å²) in [5.74, 6) is 1.62. The Hall–Kier alpha value is -4.70. The third-order valence-corrected chi connectivity index (χ3v) is 14.2. The first-order valence-electron chi connectivity index (χ1n) is 25.5. The molecule has 4 heteroatoms. The zero-order chi connectivity index (χ0) is 53.1. The molecule has 0 saturated heterocycles. The van der Waals surface area contributed by atoms with Crippen molar-refractivity contribution in [1.82, 2.24) is 0 Å². The summed E-state index contributed by atoms with van der Waals surface area (Å²) in [5, 5.41) is 44.5. The van der Waals surface area contributed by atoms with Crippen molar-refractivity contribution in [3.63, 3.8) is 0 Å². The molecule has 0 aliphatic carbocycles. The smallest absolute Gasteiger partial charge is 0.123 e. The van der Waals surface area contributed by atoms with Crippen LogP contribution >= 0.6 is 0 Å². The van der Waals surface area contributed by atoms with Crippen molar-refractivity contribution in [2.75, 3.05) is 0 Å². The lowest BCUT2D eigenvalue weighted by Gasteiger charge is -2.30. The summed E-state index contributed by atoms with van der Waals surface area (Å²) in [6.45, 7) is 54.5. The van der Waals surface area contributed by atoms with Gasteiger partial charge in [-0.2, -0.15) is 0 Å². The van der Waals surface area contributed by atoms with Gasteiger partial charge in [0.15, 0.2) is 0 Å². The van der Waals surface area contributed by atoms with Crippen molar-refractivity contribution in [3.8, 4) is 23.0 Å². The van der Waals surface area contributed by atoms with Crippen LogP contribution in [0.4, 0.5) is 0 Å². The largest absolute Gasteiger partial charge is 0.508 e. The van der Waals surface area contributed by atoms with Crippen molar-refractivity contribution >= 4 is 0 Å². The highest BCUT2D eigenvalue weighted by atomic mass is 16.3. The molecule has 0 aromatic heterocycles.